The highest BCUT2D eigenvalue weighted by Gasteiger charge is 2.31. The molecular formula is C38H49BN2O. The minimum Gasteiger partial charge on any atom is -0.307 e. The Kier molecular flexibility index (Phi) is 12.8. The number of carbonyl (C=O) groups is 1. The van der Waals surface area contributed by atoms with E-state index in [1.807, 2.05) is 0 Å². The molecule has 0 atom stereocenters. The molecule has 0 aromatic heterocycles. The lowest BCUT2D eigenvalue weighted by Gasteiger charge is -2.44. The largest absolute Gasteiger partial charge is 0.307 e. The van der Waals surface area contributed by atoms with Gasteiger partial charge in [0.2, 0.25) is 0 Å². The van der Waals surface area contributed by atoms with Crippen molar-refractivity contribution >= 4 is 33.9 Å². The SMILES string of the molecule is C=C(C)C(=O)NC[N+](CCC)(CCC)CCC.c1ccc([B-](c2ccccc2)(c2ccccc2)c2ccccc2)cc1. The smallest absolute Gasteiger partial charge is 0.250 e. The quantitative estimate of drug-likeness (QED) is 0.0960. The second kappa shape index (κ2) is 16.5. The van der Waals surface area contributed by atoms with Crippen LogP contribution in [-0.2, 0) is 4.79 Å². The summed E-state index contributed by atoms with van der Waals surface area (Å²) < 4.78 is 1.00. The highest BCUT2D eigenvalue weighted by atomic mass is 16.1. The fraction of sp³-hybridized carbons (Fsp3) is 0.289. The summed E-state index contributed by atoms with van der Waals surface area (Å²) in [5.41, 5.74) is 5.95. The lowest BCUT2D eigenvalue weighted by molar-refractivity contribution is -0.930. The van der Waals surface area contributed by atoms with E-state index < -0.39 is 6.15 Å². The molecule has 3 nitrogen and oxygen atoms in total. The third kappa shape index (κ3) is 8.11. The number of carbonyl (C=O) groups excluding carboxylic acids is 1. The van der Waals surface area contributed by atoms with Crippen molar-refractivity contribution in [1.82, 2.24) is 5.32 Å². The van der Waals surface area contributed by atoms with E-state index >= 15 is 0 Å². The second-order valence-corrected chi connectivity index (χ2v) is 11.5. The van der Waals surface area contributed by atoms with Crippen molar-refractivity contribution in [3.05, 3.63) is 133 Å². The fourth-order valence-corrected chi connectivity index (χ4v) is 6.51. The van der Waals surface area contributed by atoms with Crippen LogP contribution < -0.4 is 27.2 Å². The molecule has 0 bridgehead atoms. The number of amides is 1. The Morgan fingerprint density at radius 3 is 1.12 bits per heavy atom. The van der Waals surface area contributed by atoms with Gasteiger partial charge >= 0.3 is 0 Å². The average molecular weight is 561 g/mol. The van der Waals surface area contributed by atoms with Crippen LogP contribution >= 0.6 is 0 Å². The van der Waals surface area contributed by atoms with Crippen LogP contribution in [0.2, 0.25) is 0 Å². The molecular weight excluding hydrogens is 511 g/mol. The molecule has 4 aromatic carbocycles. The van der Waals surface area contributed by atoms with E-state index in [0.29, 0.717) is 5.57 Å². The van der Waals surface area contributed by atoms with Crippen LogP contribution in [0, 0.1) is 0 Å². The van der Waals surface area contributed by atoms with E-state index in [-0.39, 0.29) is 5.91 Å². The highest BCUT2D eigenvalue weighted by Crippen LogP contribution is 2.11. The number of quaternary nitrogens is 1. The first kappa shape index (κ1) is 32.6. The molecule has 0 fully saturated rings. The van der Waals surface area contributed by atoms with Gasteiger partial charge in [0.1, 0.15) is 6.15 Å². The van der Waals surface area contributed by atoms with Gasteiger partial charge in [0.15, 0.2) is 6.67 Å². The molecule has 0 saturated heterocycles. The monoisotopic (exact) mass is 560 g/mol. The van der Waals surface area contributed by atoms with Gasteiger partial charge in [0.25, 0.3) is 5.91 Å². The van der Waals surface area contributed by atoms with Crippen LogP contribution in [0.15, 0.2) is 133 Å². The number of rotatable bonds is 13. The molecule has 0 aliphatic rings. The lowest BCUT2D eigenvalue weighted by Crippen LogP contribution is -2.74. The maximum Gasteiger partial charge on any atom is 0.250 e. The van der Waals surface area contributed by atoms with Crippen molar-refractivity contribution in [3.63, 3.8) is 0 Å². The van der Waals surface area contributed by atoms with Gasteiger partial charge in [-0.05, 0) is 26.2 Å². The van der Waals surface area contributed by atoms with Crippen molar-refractivity contribution < 1.29 is 9.28 Å². The topological polar surface area (TPSA) is 29.1 Å². The van der Waals surface area contributed by atoms with E-state index in [1.165, 1.54) is 21.9 Å². The number of hydrogen-bond acceptors (Lipinski definition) is 1. The number of nitrogens with one attached hydrogen (secondary N) is 1. The Balaban J connectivity index is 0.000000252. The fourth-order valence-electron chi connectivity index (χ4n) is 6.51. The molecule has 4 rings (SSSR count). The third-order valence-corrected chi connectivity index (χ3v) is 8.25. The first-order valence-electron chi connectivity index (χ1n) is 15.6. The van der Waals surface area contributed by atoms with Crippen molar-refractivity contribution in [2.24, 2.45) is 0 Å². The van der Waals surface area contributed by atoms with E-state index in [4.69, 9.17) is 0 Å². The van der Waals surface area contributed by atoms with Gasteiger partial charge in [-0.3, -0.25) is 4.79 Å². The van der Waals surface area contributed by atoms with Crippen molar-refractivity contribution in [3.8, 4) is 0 Å². The summed E-state index contributed by atoms with van der Waals surface area (Å²) in [5.74, 6) is -0.0178. The number of hydrogen-bond donors (Lipinski definition) is 1. The molecule has 0 aliphatic heterocycles. The summed E-state index contributed by atoms with van der Waals surface area (Å²) in [6.07, 6.45) is 2.25. The Morgan fingerprint density at radius 1 is 0.595 bits per heavy atom. The van der Waals surface area contributed by atoms with E-state index in [1.54, 1.807) is 6.92 Å². The molecule has 4 aromatic rings. The molecule has 220 valence electrons. The van der Waals surface area contributed by atoms with Gasteiger partial charge in [-0.1, -0.05) is 149 Å². The standard InChI is InChI=1S/C24H20B.C14H28N2O/c1-5-13-21(14-6-1)25(22-15-7-2-8-16-22,23-17-9-3-10-18-23)24-19-11-4-12-20-24;1-6-9-16(10-7-2,11-8-3)12-15-14(17)13(4)5/h1-20H;4,6-12H2,1-3,5H3/q-1;/p+1. The summed E-state index contributed by atoms with van der Waals surface area (Å²) in [6.45, 7) is 16.2. The normalized spacial score (nSPS) is 11.2. The first-order chi connectivity index (χ1) is 20.4. The van der Waals surface area contributed by atoms with Gasteiger partial charge in [0, 0.05) is 5.57 Å². The van der Waals surface area contributed by atoms with Crippen molar-refractivity contribution in [1.29, 1.82) is 0 Å². The zero-order valence-electron chi connectivity index (χ0n) is 26.1. The zero-order chi connectivity index (χ0) is 30.3. The van der Waals surface area contributed by atoms with Gasteiger partial charge in [-0.2, -0.15) is 21.9 Å². The first-order valence-corrected chi connectivity index (χ1v) is 15.6. The predicted octanol–water partition coefficient (Wildman–Crippen LogP) is 5.75. The zero-order valence-corrected chi connectivity index (χ0v) is 26.1. The summed E-state index contributed by atoms with van der Waals surface area (Å²) in [7, 11) is 0. The molecule has 0 aliphatic carbocycles. The third-order valence-electron chi connectivity index (χ3n) is 8.25. The maximum absolute atomic E-state index is 11.6. The Hall–Kier alpha value is -3.89. The van der Waals surface area contributed by atoms with Gasteiger partial charge in [0.05, 0.1) is 19.6 Å². The van der Waals surface area contributed by atoms with E-state index in [0.717, 1.165) is 50.0 Å². The van der Waals surface area contributed by atoms with Crippen LogP contribution in [0.3, 0.4) is 0 Å². The van der Waals surface area contributed by atoms with Crippen molar-refractivity contribution in [2.75, 3.05) is 26.3 Å². The Bertz CT molecular complexity index is 1160. The number of nitrogens with zero attached hydrogens (tertiary/aromatic N) is 1. The molecule has 0 radical (unpaired) electrons. The van der Waals surface area contributed by atoms with Crippen LogP contribution in [0.5, 0.6) is 0 Å². The average Bonchev–Trinajstić information content (AvgIpc) is 3.03. The summed E-state index contributed by atoms with van der Waals surface area (Å²) in [4.78, 5) is 11.6. The molecule has 1 N–H and O–H groups in total. The molecule has 1 amide bonds. The van der Waals surface area contributed by atoms with Crippen LogP contribution in [0.4, 0.5) is 0 Å². The van der Waals surface area contributed by atoms with Gasteiger partial charge < -0.3 is 9.80 Å². The van der Waals surface area contributed by atoms with Crippen molar-refractivity contribution in [2.45, 2.75) is 47.0 Å². The number of benzene rings is 4. The summed E-state index contributed by atoms with van der Waals surface area (Å²) in [5, 5.41) is 3.01. The highest BCUT2D eigenvalue weighted by molar-refractivity contribution is 7.19. The lowest BCUT2D eigenvalue weighted by atomic mass is 9.13. The van der Waals surface area contributed by atoms with Gasteiger partial charge in [-0.25, -0.2) is 0 Å². The van der Waals surface area contributed by atoms with Crippen LogP contribution in [0.25, 0.3) is 0 Å². The summed E-state index contributed by atoms with van der Waals surface area (Å²) >= 11 is 0. The minimum absolute atomic E-state index is 0.0178. The van der Waals surface area contributed by atoms with E-state index in [2.05, 4.69) is 154 Å². The molecule has 0 unspecified atom stereocenters. The van der Waals surface area contributed by atoms with Crippen LogP contribution in [0.1, 0.15) is 47.0 Å². The second-order valence-electron chi connectivity index (χ2n) is 11.5. The van der Waals surface area contributed by atoms with Crippen LogP contribution in [-0.4, -0.2) is 42.8 Å². The predicted molar refractivity (Wildman–Crippen MR) is 184 cm³/mol. The Labute approximate surface area is 254 Å². The minimum atomic E-state index is -1.22. The molecule has 0 heterocycles. The molecule has 4 heteroatoms. The van der Waals surface area contributed by atoms with Gasteiger partial charge in [-0.15, -0.1) is 0 Å². The molecule has 42 heavy (non-hydrogen) atoms. The molecule has 0 saturated carbocycles. The molecule has 0 spiro atoms. The summed E-state index contributed by atoms with van der Waals surface area (Å²) in [6, 6.07) is 43.5. The maximum atomic E-state index is 11.6. The Morgan fingerprint density at radius 2 is 0.881 bits per heavy atom. The van der Waals surface area contributed by atoms with E-state index in [9.17, 15) is 4.79 Å².